The first-order chi connectivity index (χ1) is 8.31. The molecule has 0 spiro atoms. The highest BCUT2D eigenvalue weighted by molar-refractivity contribution is 5.51. The fraction of sp³-hybridized carbons (Fsp3) is 0.600. The van der Waals surface area contributed by atoms with Crippen LogP contribution >= 0.6 is 0 Å². The third kappa shape index (κ3) is 3.22. The van der Waals surface area contributed by atoms with Gasteiger partial charge in [-0.1, -0.05) is 6.07 Å². The largest absolute Gasteiger partial charge is 0.396 e. The maximum absolute atomic E-state index is 8.79. The van der Waals surface area contributed by atoms with Gasteiger partial charge in [-0.15, -0.1) is 0 Å². The molecule has 2 nitrogen and oxygen atoms in total. The van der Waals surface area contributed by atoms with Crippen molar-refractivity contribution in [2.75, 3.05) is 25.1 Å². The first-order valence-corrected chi connectivity index (χ1v) is 6.75. The van der Waals surface area contributed by atoms with Crippen molar-refractivity contribution >= 4 is 5.69 Å². The molecule has 1 N–H and O–H groups in total. The SMILES string of the molecule is CN(CCCCO)c1ccc2c(c1)CCCC2. The summed E-state index contributed by atoms with van der Waals surface area (Å²) >= 11 is 0. The molecule has 0 radical (unpaired) electrons. The molecule has 0 atom stereocenters. The summed E-state index contributed by atoms with van der Waals surface area (Å²) in [6.07, 6.45) is 7.14. The van der Waals surface area contributed by atoms with Crippen molar-refractivity contribution in [1.82, 2.24) is 0 Å². The predicted octanol–water partition coefficient (Wildman–Crippen LogP) is 2.77. The molecule has 2 heteroatoms. The Morgan fingerprint density at radius 3 is 2.65 bits per heavy atom. The van der Waals surface area contributed by atoms with Gasteiger partial charge < -0.3 is 10.0 Å². The first kappa shape index (κ1) is 12.4. The summed E-state index contributed by atoms with van der Waals surface area (Å²) < 4.78 is 0. The van der Waals surface area contributed by atoms with Crippen LogP contribution in [0.1, 0.15) is 36.8 Å². The van der Waals surface area contributed by atoms with Crippen molar-refractivity contribution in [2.24, 2.45) is 0 Å². The van der Waals surface area contributed by atoms with Crippen LogP contribution in [0.2, 0.25) is 0 Å². The minimum Gasteiger partial charge on any atom is -0.396 e. The smallest absolute Gasteiger partial charge is 0.0431 e. The second-order valence-corrected chi connectivity index (χ2v) is 5.01. The second-order valence-electron chi connectivity index (χ2n) is 5.01. The van der Waals surface area contributed by atoms with Crippen LogP contribution in [0, 0.1) is 0 Å². The van der Waals surface area contributed by atoms with Crippen LogP contribution in [0.5, 0.6) is 0 Å². The van der Waals surface area contributed by atoms with Crippen LogP contribution in [0.25, 0.3) is 0 Å². The van der Waals surface area contributed by atoms with Crippen molar-refractivity contribution in [1.29, 1.82) is 0 Å². The van der Waals surface area contributed by atoms with E-state index in [1.54, 1.807) is 11.1 Å². The molecule has 1 aromatic carbocycles. The Morgan fingerprint density at radius 1 is 1.12 bits per heavy atom. The van der Waals surface area contributed by atoms with Crippen LogP contribution in [0.15, 0.2) is 18.2 Å². The lowest BCUT2D eigenvalue weighted by Gasteiger charge is -2.23. The van der Waals surface area contributed by atoms with Gasteiger partial charge in [-0.05, 0) is 61.8 Å². The number of aryl methyl sites for hydroxylation is 2. The quantitative estimate of drug-likeness (QED) is 0.791. The van der Waals surface area contributed by atoms with Gasteiger partial charge in [-0.25, -0.2) is 0 Å². The molecule has 0 aromatic heterocycles. The first-order valence-electron chi connectivity index (χ1n) is 6.75. The summed E-state index contributed by atoms with van der Waals surface area (Å²) in [6.45, 7) is 1.33. The van der Waals surface area contributed by atoms with E-state index >= 15 is 0 Å². The highest BCUT2D eigenvalue weighted by Crippen LogP contribution is 2.25. The molecule has 0 saturated carbocycles. The normalized spacial score (nSPS) is 14.5. The van der Waals surface area contributed by atoms with E-state index in [1.165, 1.54) is 31.4 Å². The Balaban J connectivity index is 2.00. The van der Waals surface area contributed by atoms with Gasteiger partial charge in [-0.2, -0.15) is 0 Å². The lowest BCUT2D eigenvalue weighted by atomic mass is 9.91. The molecule has 1 aliphatic rings. The number of nitrogens with zero attached hydrogens (tertiary/aromatic N) is 1. The maximum atomic E-state index is 8.79. The van der Waals surface area contributed by atoms with E-state index in [-0.39, 0.29) is 0 Å². The van der Waals surface area contributed by atoms with E-state index in [2.05, 4.69) is 30.1 Å². The third-order valence-corrected chi connectivity index (χ3v) is 3.67. The summed E-state index contributed by atoms with van der Waals surface area (Å²) in [5, 5.41) is 8.79. The van der Waals surface area contributed by atoms with Crippen molar-refractivity contribution < 1.29 is 5.11 Å². The van der Waals surface area contributed by atoms with Gasteiger partial charge in [-0.3, -0.25) is 0 Å². The molecular formula is C15H23NO. The molecule has 0 aliphatic heterocycles. The van der Waals surface area contributed by atoms with E-state index in [9.17, 15) is 0 Å². The molecular weight excluding hydrogens is 210 g/mol. The number of unbranched alkanes of at least 4 members (excludes halogenated alkanes) is 1. The minimum atomic E-state index is 0.304. The Bertz CT molecular complexity index is 362. The van der Waals surface area contributed by atoms with E-state index in [1.807, 2.05) is 0 Å². The maximum Gasteiger partial charge on any atom is 0.0431 e. The molecule has 17 heavy (non-hydrogen) atoms. The van der Waals surface area contributed by atoms with E-state index < -0.39 is 0 Å². The number of fused-ring (bicyclic) bond motifs is 1. The second kappa shape index (κ2) is 6.06. The molecule has 94 valence electrons. The van der Waals surface area contributed by atoms with Crippen LogP contribution in [-0.2, 0) is 12.8 Å². The summed E-state index contributed by atoms with van der Waals surface area (Å²) in [6, 6.07) is 6.89. The van der Waals surface area contributed by atoms with Gasteiger partial charge in [0.1, 0.15) is 0 Å². The minimum absolute atomic E-state index is 0.304. The Kier molecular flexibility index (Phi) is 4.43. The molecule has 0 amide bonds. The topological polar surface area (TPSA) is 23.5 Å². The highest BCUT2D eigenvalue weighted by Gasteiger charge is 2.10. The zero-order valence-electron chi connectivity index (χ0n) is 10.8. The lowest BCUT2D eigenvalue weighted by Crippen LogP contribution is -2.19. The van der Waals surface area contributed by atoms with Gasteiger partial charge >= 0.3 is 0 Å². The molecule has 0 fully saturated rings. The number of hydrogen-bond donors (Lipinski definition) is 1. The Morgan fingerprint density at radius 2 is 1.88 bits per heavy atom. The summed E-state index contributed by atoms with van der Waals surface area (Å²) in [5.41, 5.74) is 4.41. The van der Waals surface area contributed by atoms with E-state index in [4.69, 9.17) is 5.11 Å². The monoisotopic (exact) mass is 233 g/mol. The van der Waals surface area contributed by atoms with Gasteiger partial charge in [0.15, 0.2) is 0 Å². The molecule has 1 aliphatic carbocycles. The van der Waals surface area contributed by atoms with Crippen LogP contribution in [0.4, 0.5) is 5.69 Å². The summed E-state index contributed by atoms with van der Waals surface area (Å²) in [7, 11) is 2.14. The van der Waals surface area contributed by atoms with Crippen molar-refractivity contribution in [2.45, 2.75) is 38.5 Å². The van der Waals surface area contributed by atoms with E-state index in [0.29, 0.717) is 6.61 Å². The zero-order valence-corrected chi connectivity index (χ0v) is 10.8. The number of aliphatic hydroxyl groups excluding tert-OH is 1. The Labute approximate surface area is 104 Å². The number of anilines is 1. The van der Waals surface area contributed by atoms with Gasteiger partial charge in [0.05, 0.1) is 0 Å². The highest BCUT2D eigenvalue weighted by atomic mass is 16.2. The van der Waals surface area contributed by atoms with Gasteiger partial charge in [0, 0.05) is 25.9 Å². The number of rotatable bonds is 5. The fourth-order valence-corrected chi connectivity index (χ4v) is 2.55. The van der Waals surface area contributed by atoms with Crippen LogP contribution in [-0.4, -0.2) is 25.3 Å². The molecule has 0 bridgehead atoms. The number of aliphatic hydroxyl groups is 1. The summed E-state index contributed by atoms with van der Waals surface area (Å²) in [4.78, 5) is 2.30. The zero-order chi connectivity index (χ0) is 12.1. The molecule has 0 saturated heterocycles. The predicted molar refractivity (Wildman–Crippen MR) is 72.7 cm³/mol. The molecule has 0 heterocycles. The lowest BCUT2D eigenvalue weighted by molar-refractivity contribution is 0.285. The average molecular weight is 233 g/mol. The van der Waals surface area contributed by atoms with Crippen molar-refractivity contribution in [3.63, 3.8) is 0 Å². The Hall–Kier alpha value is -1.02. The number of hydrogen-bond acceptors (Lipinski definition) is 2. The molecule has 1 aromatic rings. The van der Waals surface area contributed by atoms with Crippen LogP contribution in [0.3, 0.4) is 0 Å². The molecule has 2 rings (SSSR count). The van der Waals surface area contributed by atoms with E-state index in [0.717, 1.165) is 19.4 Å². The van der Waals surface area contributed by atoms with Crippen molar-refractivity contribution in [3.05, 3.63) is 29.3 Å². The number of benzene rings is 1. The average Bonchev–Trinajstić information content (AvgIpc) is 2.38. The fourth-order valence-electron chi connectivity index (χ4n) is 2.55. The summed E-state index contributed by atoms with van der Waals surface area (Å²) in [5.74, 6) is 0. The van der Waals surface area contributed by atoms with Crippen LogP contribution < -0.4 is 4.90 Å². The standard InChI is InChI=1S/C15H23NO/c1-16(10-4-5-11-17)15-9-8-13-6-2-3-7-14(13)12-15/h8-9,12,17H,2-7,10-11H2,1H3. The van der Waals surface area contributed by atoms with Gasteiger partial charge in [0.2, 0.25) is 0 Å². The molecule has 0 unspecified atom stereocenters. The third-order valence-electron chi connectivity index (χ3n) is 3.67. The van der Waals surface area contributed by atoms with Gasteiger partial charge in [0.25, 0.3) is 0 Å². The van der Waals surface area contributed by atoms with Crippen molar-refractivity contribution in [3.8, 4) is 0 Å².